The Morgan fingerprint density at radius 1 is 1.22 bits per heavy atom. The highest BCUT2D eigenvalue weighted by Gasteiger charge is 2.24. The van der Waals surface area contributed by atoms with Crippen molar-refractivity contribution in [2.24, 2.45) is 16.5 Å². The van der Waals surface area contributed by atoms with Crippen LogP contribution < -0.4 is 31.9 Å². The lowest BCUT2D eigenvalue weighted by Gasteiger charge is -2.18. The van der Waals surface area contributed by atoms with Crippen LogP contribution in [0.4, 0.5) is 5.69 Å². The Hall–Kier alpha value is -3.58. The number of nitrogens with two attached hydrogens (primary N) is 2. The van der Waals surface area contributed by atoms with Crippen molar-refractivity contribution in [1.29, 1.82) is 0 Å². The van der Waals surface area contributed by atoms with Crippen LogP contribution in [0.5, 0.6) is 17.2 Å². The highest BCUT2D eigenvalue weighted by molar-refractivity contribution is 5.79. The van der Waals surface area contributed by atoms with Gasteiger partial charge in [0.1, 0.15) is 0 Å². The fourth-order valence-electron chi connectivity index (χ4n) is 2.94. The monoisotopic (exact) mass is 447 g/mol. The van der Waals surface area contributed by atoms with Gasteiger partial charge in [0.2, 0.25) is 12.5 Å². The van der Waals surface area contributed by atoms with Gasteiger partial charge in [-0.2, -0.15) is 11.0 Å². The molecule has 0 aliphatic carbocycles. The van der Waals surface area contributed by atoms with Gasteiger partial charge < -0.3 is 31.2 Å². The quantitative estimate of drug-likeness (QED) is 0.117. The molecule has 0 fully saturated rings. The number of phenolic OH excluding ortho intramolecular Hbond substituents is 1. The Morgan fingerprint density at radius 3 is 2.84 bits per heavy atom. The normalized spacial score (nSPS) is 13.0. The molecule has 0 amide bonds. The molecule has 2 aromatic carbocycles. The third kappa shape index (κ3) is 6.72. The minimum Gasteiger partial charge on any atom is -0.504 e. The van der Waals surface area contributed by atoms with Gasteiger partial charge in [0.15, 0.2) is 17.5 Å². The van der Waals surface area contributed by atoms with Gasteiger partial charge in [-0.15, -0.1) is 0 Å². The summed E-state index contributed by atoms with van der Waals surface area (Å²) in [4.78, 5) is 25.9. The Labute approximate surface area is 183 Å². The summed E-state index contributed by atoms with van der Waals surface area (Å²) in [5, 5.41) is 19.2. The molecule has 12 heteroatoms. The van der Waals surface area contributed by atoms with Crippen molar-refractivity contribution in [3.8, 4) is 17.2 Å². The van der Waals surface area contributed by atoms with Crippen molar-refractivity contribution >= 4 is 17.6 Å². The molecule has 1 aliphatic heterocycles. The predicted molar refractivity (Wildman–Crippen MR) is 113 cm³/mol. The van der Waals surface area contributed by atoms with Crippen LogP contribution in [-0.4, -0.2) is 42.1 Å². The lowest BCUT2D eigenvalue weighted by atomic mass is 10.0. The van der Waals surface area contributed by atoms with E-state index in [1.54, 1.807) is 18.2 Å². The summed E-state index contributed by atoms with van der Waals surface area (Å²) < 4.78 is 10.4. The van der Waals surface area contributed by atoms with Crippen LogP contribution in [0, 0.1) is 0 Å². The Morgan fingerprint density at radius 2 is 2.06 bits per heavy atom. The van der Waals surface area contributed by atoms with E-state index in [0.717, 1.165) is 5.56 Å². The van der Waals surface area contributed by atoms with Crippen molar-refractivity contribution in [2.75, 3.05) is 19.9 Å². The predicted octanol–water partition coefficient (Wildman–Crippen LogP) is 0.784. The molecule has 0 radical (unpaired) electrons. The van der Waals surface area contributed by atoms with E-state index < -0.39 is 12.0 Å². The molecule has 2 aromatic rings. The van der Waals surface area contributed by atoms with Crippen LogP contribution in [0.25, 0.3) is 0 Å². The minimum atomic E-state index is -1.03. The maximum atomic E-state index is 11.2. The summed E-state index contributed by atoms with van der Waals surface area (Å²) in [6, 6.07) is 9.53. The van der Waals surface area contributed by atoms with Gasteiger partial charge in [-0.05, 0) is 35.4 Å². The number of hydroxylamine groups is 2. The zero-order chi connectivity index (χ0) is 22.9. The van der Waals surface area contributed by atoms with E-state index >= 15 is 0 Å². The van der Waals surface area contributed by atoms with Gasteiger partial charge in [-0.25, -0.2) is 4.99 Å². The van der Waals surface area contributed by atoms with Gasteiger partial charge in [-0.1, -0.05) is 12.1 Å². The van der Waals surface area contributed by atoms with Gasteiger partial charge in [0, 0.05) is 6.54 Å². The first kappa shape index (κ1) is 23.1. The number of guanidine groups is 1. The largest absolute Gasteiger partial charge is 0.504 e. The number of benzene rings is 2. The number of carboxylic acids is 1. The van der Waals surface area contributed by atoms with E-state index in [-0.39, 0.29) is 43.9 Å². The minimum absolute atomic E-state index is 0.00980. The number of phenols is 1. The molecule has 3 rings (SSSR count). The fraction of sp³-hybridized carbons (Fsp3) is 0.300. The lowest BCUT2D eigenvalue weighted by Crippen LogP contribution is -2.28. The third-order valence-corrected chi connectivity index (χ3v) is 4.30. The molecule has 12 nitrogen and oxygen atoms in total. The van der Waals surface area contributed by atoms with Crippen LogP contribution >= 0.6 is 0 Å². The average Bonchev–Trinajstić information content (AvgIpc) is 3.21. The summed E-state index contributed by atoms with van der Waals surface area (Å²) in [6.45, 7) is 0.775. The smallest absolute Gasteiger partial charge is 0.305 e. The number of nitrogens with one attached hydrogen (secondary N) is 2. The number of carboxylic acid groups (broad SMARTS) is 1. The Kier molecular flexibility index (Phi) is 8.05. The molecule has 1 aliphatic rings. The fourth-order valence-corrected chi connectivity index (χ4v) is 2.94. The lowest BCUT2D eigenvalue weighted by molar-refractivity contribution is -0.138. The molecule has 1 heterocycles. The molecule has 0 saturated heterocycles. The van der Waals surface area contributed by atoms with Crippen molar-refractivity contribution in [1.82, 2.24) is 11.0 Å². The molecule has 32 heavy (non-hydrogen) atoms. The van der Waals surface area contributed by atoms with E-state index in [1.165, 1.54) is 6.07 Å². The topological polar surface area (TPSA) is 183 Å². The van der Waals surface area contributed by atoms with E-state index in [1.807, 2.05) is 12.1 Å². The maximum absolute atomic E-state index is 11.2. The van der Waals surface area contributed by atoms with Crippen molar-refractivity contribution in [2.45, 2.75) is 19.1 Å². The molecule has 1 unspecified atom stereocenters. The molecular formula is C20H25N5O7. The summed E-state index contributed by atoms with van der Waals surface area (Å²) in [5.41, 5.74) is 18.2. The first-order valence-corrected chi connectivity index (χ1v) is 9.67. The van der Waals surface area contributed by atoms with Crippen LogP contribution in [0.2, 0.25) is 0 Å². The summed E-state index contributed by atoms with van der Waals surface area (Å²) >= 11 is 0. The highest BCUT2D eigenvalue weighted by Crippen LogP contribution is 2.42. The van der Waals surface area contributed by atoms with E-state index in [2.05, 4.69) is 16.0 Å². The van der Waals surface area contributed by atoms with Gasteiger partial charge in [0.25, 0.3) is 0 Å². The van der Waals surface area contributed by atoms with E-state index in [0.29, 0.717) is 23.5 Å². The number of ether oxygens (including phenoxy) is 2. The number of hydrogen-bond acceptors (Lipinski definition) is 9. The molecule has 1 atom stereocenters. The number of nitrogens with zero attached hydrogens (tertiary/aromatic N) is 1. The second kappa shape index (κ2) is 11.2. The zero-order valence-corrected chi connectivity index (χ0v) is 17.1. The van der Waals surface area contributed by atoms with Crippen LogP contribution in [-0.2, 0) is 21.1 Å². The van der Waals surface area contributed by atoms with Gasteiger partial charge >= 0.3 is 5.97 Å². The zero-order valence-electron chi connectivity index (χ0n) is 17.1. The molecule has 0 bridgehead atoms. The molecule has 0 spiro atoms. The standard InChI is InChI=1S/C20H25N5O7/c21-20(22)24-14-3-1-2-12(6-14)10-32-23-4-5-31-25-15(9-18(27)28)13-7-16(26)19-17(8-13)29-11-30-19/h1-3,6-8,15,23,25-26H,4-5,9-11H2,(H,27,28)(H4,21,22,24). The summed E-state index contributed by atoms with van der Waals surface area (Å²) in [5.74, 6) is -0.619. The van der Waals surface area contributed by atoms with E-state index in [4.69, 9.17) is 30.6 Å². The Bertz CT molecular complexity index is 965. The van der Waals surface area contributed by atoms with Crippen LogP contribution in [0.1, 0.15) is 23.6 Å². The first-order valence-electron chi connectivity index (χ1n) is 9.67. The van der Waals surface area contributed by atoms with Crippen molar-refractivity contribution in [3.05, 3.63) is 47.5 Å². The molecule has 172 valence electrons. The Balaban J connectivity index is 1.43. The molecule has 0 aromatic heterocycles. The van der Waals surface area contributed by atoms with Gasteiger partial charge in [0.05, 0.1) is 31.4 Å². The first-order chi connectivity index (χ1) is 15.4. The maximum Gasteiger partial charge on any atom is 0.305 e. The second-order valence-corrected chi connectivity index (χ2v) is 6.78. The molecule has 8 N–H and O–H groups in total. The molecule has 0 saturated carbocycles. The van der Waals surface area contributed by atoms with Crippen molar-refractivity contribution in [3.63, 3.8) is 0 Å². The highest BCUT2D eigenvalue weighted by atomic mass is 16.7. The SMILES string of the molecule is NC(N)=Nc1cccc(CONCCONC(CC(=O)O)c2cc(O)c3c(c2)OCO3)c1. The number of rotatable bonds is 12. The third-order valence-electron chi connectivity index (χ3n) is 4.30. The molecular weight excluding hydrogens is 422 g/mol. The van der Waals surface area contributed by atoms with Gasteiger partial charge in [-0.3, -0.25) is 14.5 Å². The number of aliphatic carboxylic acids is 1. The second-order valence-electron chi connectivity index (χ2n) is 6.78. The summed E-state index contributed by atoms with van der Waals surface area (Å²) in [6.07, 6.45) is -0.269. The number of aliphatic imine (C=N–C) groups is 1. The number of hydrogen-bond donors (Lipinski definition) is 6. The average molecular weight is 447 g/mol. The number of aromatic hydroxyl groups is 1. The van der Waals surface area contributed by atoms with Crippen LogP contribution in [0.3, 0.4) is 0 Å². The summed E-state index contributed by atoms with van der Waals surface area (Å²) in [7, 11) is 0. The number of carbonyl (C=O) groups is 1. The van der Waals surface area contributed by atoms with Crippen molar-refractivity contribution < 1.29 is 34.2 Å². The van der Waals surface area contributed by atoms with Crippen LogP contribution in [0.15, 0.2) is 41.4 Å². The van der Waals surface area contributed by atoms with E-state index in [9.17, 15) is 15.0 Å². The number of fused-ring (bicyclic) bond motifs is 1.